The maximum absolute atomic E-state index is 12.8. The first-order chi connectivity index (χ1) is 11.8. The largest absolute Gasteiger partial charge is 0.467 e. The van der Waals surface area contributed by atoms with Gasteiger partial charge >= 0.3 is 6.03 Å². The summed E-state index contributed by atoms with van der Waals surface area (Å²) in [5.74, 6) is 0.733. The van der Waals surface area contributed by atoms with Gasteiger partial charge in [-0.25, -0.2) is 4.79 Å². The molecule has 0 spiro atoms. The van der Waals surface area contributed by atoms with Gasteiger partial charge in [0.15, 0.2) is 0 Å². The number of urea groups is 1. The number of methoxy groups -OCH3 is 1. The predicted octanol–water partition coefficient (Wildman–Crippen LogP) is 2.63. The first-order valence-electron chi connectivity index (χ1n) is 9.10. The summed E-state index contributed by atoms with van der Waals surface area (Å²) in [6, 6.07) is 3.95. The summed E-state index contributed by atoms with van der Waals surface area (Å²) in [6.07, 6.45) is 7.68. The van der Waals surface area contributed by atoms with Crippen molar-refractivity contribution in [3.05, 3.63) is 24.2 Å². The van der Waals surface area contributed by atoms with E-state index in [9.17, 15) is 4.79 Å². The van der Waals surface area contributed by atoms with Crippen LogP contribution in [-0.2, 0) is 4.74 Å². The molecule has 2 aliphatic heterocycles. The Morgan fingerprint density at radius 3 is 2.83 bits per heavy atom. The lowest BCUT2D eigenvalue weighted by atomic mass is 10.1. The van der Waals surface area contributed by atoms with E-state index in [0.717, 1.165) is 25.3 Å². The van der Waals surface area contributed by atoms with Gasteiger partial charge in [0.25, 0.3) is 0 Å². The lowest BCUT2D eigenvalue weighted by Gasteiger charge is -2.31. The van der Waals surface area contributed by atoms with Crippen molar-refractivity contribution in [2.45, 2.75) is 44.2 Å². The van der Waals surface area contributed by atoms with Crippen LogP contribution in [0.5, 0.6) is 0 Å². The maximum Gasteiger partial charge on any atom is 0.318 e. The van der Waals surface area contributed by atoms with Crippen LogP contribution in [0, 0.1) is 0 Å². The molecule has 2 amide bonds. The molecule has 3 rings (SSSR count). The van der Waals surface area contributed by atoms with Gasteiger partial charge < -0.3 is 19.4 Å². The van der Waals surface area contributed by atoms with Gasteiger partial charge in [0.1, 0.15) is 11.8 Å². The molecule has 0 radical (unpaired) electrons. The monoisotopic (exact) mass is 335 g/mol. The second-order valence-electron chi connectivity index (χ2n) is 6.81. The summed E-state index contributed by atoms with van der Waals surface area (Å²) in [6.45, 7) is 4.41. The molecule has 1 aromatic heterocycles. The predicted molar refractivity (Wildman–Crippen MR) is 91.9 cm³/mol. The maximum atomic E-state index is 12.8. The molecule has 134 valence electrons. The number of carbonyl (C=O) groups is 1. The van der Waals surface area contributed by atoms with Crippen LogP contribution < -0.4 is 5.32 Å². The van der Waals surface area contributed by atoms with Crippen LogP contribution in [0.25, 0.3) is 0 Å². The number of nitrogens with zero attached hydrogens (tertiary/aromatic N) is 2. The van der Waals surface area contributed by atoms with E-state index in [-0.39, 0.29) is 12.1 Å². The fraction of sp³-hybridized carbons (Fsp3) is 0.722. The molecule has 3 heterocycles. The highest BCUT2D eigenvalue weighted by molar-refractivity contribution is 5.74. The summed E-state index contributed by atoms with van der Waals surface area (Å²) in [5, 5.41) is 3.08. The number of rotatable bonds is 5. The molecular formula is C18H29N3O3. The smallest absolute Gasteiger partial charge is 0.318 e. The van der Waals surface area contributed by atoms with Crippen molar-refractivity contribution in [2.24, 2.45) is 0 Å². The molecule has 0 aliphatic carbocycles. The van der Waals surface area contributed by atoms with Crippen molar-refractivity contribution >= 4 is 6.03 Å². The van der Waals surface area contributed by atoms with Crippen molar-refractivity contribution in [1.29, 1.82) is 0 Å². The van der Waals surface area contributed by atoms with Gasteiger partial charge in [0, 0.05) is 26.2 Å². The fourth-order valence-electron chi connectivity index (χ4n) is 3.80. The number of hydrogen-bond donors (Lipinski definition) is 1. The zero-order chi connectivity index (χ0) is 16.8. The molecule has 6 nitrogen and oxygen atoms in total. The number of amides is 2. The Labute approximate surface area is 144 Å². The molecule has 6 heteroatoms. The number of carbonyl (C=O) groups excluding carboxylic acids is 1. The summed E-state index contributed by atoms with van der Waals surface area (Å²) in [4.78, 5) is 17.3. The fourth-order valence-corrected chi connectivity index (χ4v) is 3.80. The number of hydrogen-bond acceptors (Lipinski definition) is 4. The van der Waals surface area contributed by atoms with Crippen molar-refractivity contribution in [3.63, 3.8) is 0 Å². The van der Waals surface area contributed by atoms with E-state index in [1.54, 1.807) is 13.4 Å². The molecule has 1 aromatic rings. The van der Waals surface area contributed by atoms with Crippen molar-refractivity contribution < 1.29 is 13.9 Å². The van der Waals surface area contributed by atoms with Gasteiger partial charge in [0.2, 0.25) is 0 Å². The average molecular weight is 335 g/mol. The van der Waals surface area contributed by atoms with Crippen LogP contribution in [0.15, 0.2) is 22.8 Å². The second kappa shape index (κ2) is 8.53. The van der Waals surface area contributed by atoms with Gasteiger partial charge in [-0.05, 0) is 50.9 Å². The number of furan rings is 1. The number of ether oxygens (including phenoxy) is 1. The van der Waals surface area contributed by atoms with Crippen molar-refractivity contribution in [2.75, 3.05) is 39.9 Å². The van der Waals surface area contributed by atoms with Gasteiger partial charge in [-0.2, -0.15) is 0 Å². The molecule has 0 aromatic carbocycles. The third-order valence-electron chi connectivity index (χ3n) is 5.11. The molecule has 24 heavy (non-hydrogen) atoms. The van der Waals surface area contributed by atoms with Gasteiger partial charge in [0.05, 0.1) is 12.9 Å². The van der Waals surface area contributed by atoms with E-state index >= 15 is 0 Å². The SMILES string of the molecule is COC[C@H](NC(=O)N1CCCC[C@H](N2CCCC2)C1)c1ccco1. The van der Waals surface area contributed by atoms with Crippen molar-refractivity contribution in [1.82, 2.24) is 15.1 Å². The lowest BCUT2D eigenvalue weighted by Crippen LogP contribution is -2.48. The van der Waals surface area contributed by atoms with Crippen LogP contribution in [0.4, 0.5) is 4.79 Å². The van der Waals surface area contributed by atoms with E-state index in [0.29, 0.717) is 12.6 Å². The topological polar surface area (TPSA) is 58.0 Å². The Morgan fingerprint density at radius 2 is 2.12 bits per heavy atom. The quantitative estimate of drug-likeness (QED) is 0.899. The summed E-state index contributed by atoms with van der Waals surface area (Å²) in [5.41, 5.74) is 0. The van der Waals surface area contributed by atoms with Crippen LogP contribution in [0.1, 0.15) is 43.9 Å². The Morgan fingerprint density at radius 1 is 1.33 bits per heavy atom. The second-order valence-corrected chi connectivity index (χ2v) is 6.81. The molecule has 2 aliphatic rings. The number of nitrogens with one attached hydrogen (secondary N) is 1. The third kappa shape index (κ3) is 4.30. The Kier molecular flexibility index (Phi) is 6.15. The van der Waals surface area contributed by atoms with E-state index < -0.39 is 0 Å². The third-order valence-corrected chi connectivity index (χ3v) is 5.11. The van der Waals surface area contributed by atoms with Crippen molar-refractivity contribution in [3.8, 4) is 0 Å². The Hall–Kier alpha value is -1.53. The minimum atomic E-state index is -0.244. The normalized spacial score (nSPS) is 23.9. The minimum Gasteiger partial charge on any atom is -0.467 e. The number of likely N-dealkylation sites (tertiary alicyclic amines) is 2. The van der Waals surface area contributed by atoms with E-state index in [4.69, 9.17) is 9.15 Å². The molecule has 0 bridgehead atoms. The lowest BCUT2D eigenvalue weighted by molar-refractivity contribution is 0.139. The molecule has 2 fully saturated rings. The zero-order valence-corrected chi connectivity index (χ0v) is 14.6. The molecule has 0 unspecified atom stereocenters. The van der Waals surface area contributed by atoms with Crippen LogP contribution in [0.2, 0.25) is 0 Å². The molecule has 2 atom stereocenters. The van der Waals surface area contributed by atoms with Gasteiger partial charge in [-0.15, -0.1) is 0 Å². The van der Waals surface area contributed by atoms with E-state index in [2.05, 4.69) is 10.2 Å². The zero-order valence-electron chi connectivity index (χ0n) is 14.6. The highest BCUT2D eigenvalue weighted by Gasteiger charge is 2.29. The van der Waals surface area contributed by atoms with Crippen LogP contribution in [0.3, 0.4) is 0 Å². The summed E-state index contributed by atoms with van der Waals surface area (Å²) >= 11 is 0. The molecular weight excluding hydrogens is 306 g/mol. The minimum absolute atomic E-state index is 0.0143. The van der Waals surface area contributed by atoms with Crippen LogP contribution >= 0.6 is 0 Å². The molecule has 0 saturated carbocycles. The van der Waals surface area contributed by atoms with Gasteiger partial charge in [-0.3, -0.25) is 4.90 Å². The van der Waals surface area contributed by atoms with E-state index in [1.807, 2.05) is 17.0 Å². The highest BCUT2D eigenvalue weighted by atomic mass is 16.5. The molecule has 2 saturated heterocycles. The molecule has 1 N–H and O–H groups in total. The first kappa shape index (κ1) is 17.3. The Balaban J connectivity index is 1.61. The van der Waals surface area contributed by atoms with E-state index in [1.165, 1.54) is 38.8 Å². The van der Waals surface area contributed by atoms with Crippen LogP contribution in [-0.4, -0.2) is 61.8 Å². The highest BCUT2D eigenvalue weighted by Crippen LogP contribution is 2.21. The van der Waals surface area contributed by atoms with Gasteiger partial charge in [-0.1, -0.05) is 6.42 Å². The standard InChI is InChI=1S/C18H29N3O3/c1-23-14-16(17-8-6-12-24-17)19-18(22)21-11-3-2-7-15(13-21)20-9-4-5-10-20/h6,8,12,15-16H,2-5,7,9-11,13-14H2,1H3,(H,19,22)/t15-,16-/m0/s1. The summed E-state index contributed by atoms with van der Waals surface area (Å²) in [7, 11) is 1.64. The summed E-state index contributed by atoms with van der Waals surface area (Å²) < 4.78 is 10.7. The average Bonchev–Trinajstić information content (AvgIpc) is 3.25. The Bertz CT molecular complexity index is 500. The first-order valence-corrected chi connectivity index (χ1v) is 9.10.